The Morgan fingerprint density at radius 2 is 1.68 bits per heavy atom. The number of nitrogens with zero attached hydrogens (tertiary/aromatic N) is 4. The minimum absolute atomic E-state index is 0.113. The van der Waals surface area contributed by atoms with Crippen LogP contribution in [0.2, 0.25) is 0 Å². The van der Waals surface area contributed by atoms with Gasteiger partial charge in [0.1, 0.15) is 5.03 Å². The molecule has 0 amide bonds. The molecule has 0 saturated heterocycles. The summed E-state index contributed by atoms with van der Waals surface area (Å²) in [6.07, 6.45) is -4.09. The lowest BCUT2D eigenvalue weighted by Crippen LogP contribution is -2.26. The van der Waals surface area contributed by atoms with Crippen LogP contribution in [0, 0.1) is 6.92 Å². The summed E-state index contributed by atoms with van der Waals surface area (Å²) in [7, 11) is -3.65. The standard InChI is InChI=1S/C22H20F3N5O2S2/c1-15-2-8-18(9-3-15)34(31,32)26-13-12-20-28-27-19-10-11-21(29-30(19)20)33-14-16-4-6-17(7-5-16)22(23,24)25/h2-11,26H,12-14H2,1H3. The molecule has 0 aliphatic rings. The molecule has 0 unspecified atom stereocenters. The minimum Gasteiger partial charge on any atom is -0.211 e. The Balaban J connectivity index is 1.39. The van der Waals surface area contributed by atoms with Crippen LogP contribution < -0.4 is 4.72 Å². The third-order valence-electron chi connectivity index (χ3n) is 4.94. The molecule has 0 fully saturated rings. The highest BCUT2D eigenvalue weighted by molar-refractivity contribution is 7.98. The zero-order chi connectivity index (χ0) is 24.3. The molecule has 12 heteroatoms. The zero-order valence-electron chi connectivity index (χ0n) is 18.0. The average Bonchev–Trinajstić information content (AvgIpc) is 3.20. The molecular weight excluding hydrogens is 487 g/mol. The number of fused-ring (bicyclic) bond motifs is 1. The highest BCUT2D eigenvalue weighted by Gasteiger charge is 2.29. The number of sulfonamides is 1. The van der Waals surface area contributed by atoms with Gasteiger partial charge in [-0.1, -0.05) is 41.6 Å². The first-order valence-electron chi connectivity index (χ1n) is 10.2. The molecule has 1 N–H and O–H groups in total. The van der Waals surface area contributed by atoms with Crippen LogP contribution >= 0.6 is 11.8 Å². The summed E-state index contributed by atoms with van der Waals surface area (Å²) in [6.45, 7) is 1.99. The van der Waals surface area contributed by atoms with Gasteiger partial charge in [0, 0.05) is 18.7 Å². The summed E-state index contributed by atoms with van der Waals surface area (Å²) in [6, 6.07) is 15.0. The van der Waals surface area contributed by atoms with Crippen molar-refractivity contribution in [2.45, 2.75) is 35.2 Å². The highest BCUT2D eigenvalue weighted by atomic mass is 32.2. The lowest BCUT2D eigenvalue weighted by atomic mass is 10.1. The van der Waals surface area contributed by atoms with Gasteiger partial charge in [0.05, 0.1) is 10.5 Å². The van der Waals surface area contributed by atoms with Gasteiger partial charge in [-0.2, -0.15) is 22.8 Å². The van der Waals surface area contributed by atoms with E-state index >= 15 is 0 Å². The van der Waals surface area contributed by atoms with Crippen LogP contribution in [-0.2, 0) is 28.4 Å². The second-order valence-corrected chi connectivity index (χ2v) is 10.3. The molecule has 7 nitrogen and oxygen atoms in total. The Bertz CT molecular complexity index is 1390. The van der Waals surface area contributed by atoms with E-state index in [0.29, 0.717) is 22.3 Å². The van der Waals surface area contributed by atoms with E-state index in [1.807, 2.05) is 6.92 Å². The van der Waals surface area contributed by atoms with Crippen LogP contribution in [0.3, 0.4) is 0 Å². The molecular formula is C22H20F3N5O2S2. The van der Waals surface area contributed by atoms with Gasteiger partial charge >= 0.3 is 6.18 Å². The van der Waals surface area contributed by atoms with E-state index in [1.54, 1.807) is 36.4 Å². The monoisotopic (exact) mass is 507 g/mol. The molecule has 4 aromatic rings. The quantitative estimate of drug-likeness (QED) is 0.359. The molecule has 0 aliphatic carbocycles. The number of hydrogen-bond donors (Lipinski definition) is 1. The summed E-state index contributed by atoms with van der Waals surface area (Å²) in [5.41, 5.74) is 1.52. The van der Waals surface area contributed by atoms with Gasteiger partial charge in [0.15, 0.2) is 11.5 Å². The van der Waals surface area contributed by atoms with Crippen molar-refractivity contribution in [3.63, 3.8) is 0 Å². The first kappa shape index (κ1) is 24.2. The summed E-state index contributed by atoms with van der Waals surface area (Å²) in [5.74, 6) is 0.920. The largest absolute Gasteiger partial charge is 0.416 e. The fourth-order valence-corrected chi connectivity index (χ4v) is 4.94. The normalized spacial score (nSPS) is 12.4. The third kappa shape index (κ3) is 5.75. The van der Waals surface area contributed by atoms with Crippen molar-refractivity contribution in [2.75, 3.05) is 6.54 Å². The number of halogens is 3. The van der Waals surface area contributed by atoms with Gasteiger partial charge < -0.3 is 0 Å². The smallest absolute Gasteiger partial charge is 0.211 e. The number of aryl methyl sites for hydroxylation is 1. The van der Waals surface area contributed by atoms with E-state index in [-0.39, 0.29) is 17.9 Å². The van der Waals surface area contributed by atoms with Crippen LogP contribution in [0.1, 0.15) is 22.5 Å². The number of thioether (sulfide) groups is 1. The molecule has 0 bridgehead atoms. The fraction of sp³-hybridized carbons (Fsp3) is 0.227. The maximum atomic E-state index is 12.7. The summed E-state index contributed by atoms with van der Waals surface area (Å²) >= 11 is 1.36. The predicted molar refractivity (Wildman–Crippen MR) is 122 cm³/mol. The molecule has 0 spiro atoms. The van der Waals surface area contributed by atoms with Crippen LogP contribution in [0.15, 0.2) is 70.6 Å². The van der Waals surface area contributed by atoms with Gasteiger partial charge in [-0.3, -0.25) is 0 Å². The third-order valence-corrected chi connectivity index (χ3v) is 7.41. The van der Waals surface area contributed by atoms with E-state index in [1.165, 1.54) is 28.4 Å². The number of alkyl halides is 3. The number of hydrogen-bond acceptors (Lipinski definition) is 6. The zero-order valence-corrected chi connectivity index (χ0v) is 19.6. The molecule has 0 aliphatic heterocycles. The van der Waals surface area contributed by atoms with Gasteiger partial charge in [-0.25, -0.2) is 13.1 Å². The minimum atomic E-state index is -4.36. The van der Waals surface area contributed by atoms with Crippen LogP contribution in [0.4, 0.5) is 13.2 Å². The lowest BCUT2D eigenvalue weighted by molar-refractivity contribution is -0.137. The average molecular weight is 508 g/mol. The number of nitrogens with one attached hydrogen (secondary N) is 1. The number of aromatic nitrogens is 4. The van der Waals surface area contributed by atoms with Crippen molar-refractivity contribution in [1.82, 2.24) is 24.5 Å². The SMILES string of the molecule is Cc1ccc(S(=O)(=O)NCCc2nnc3ccc(SCc4ccc(C(F)(F)F)cc4)nn23)cc1. The molecule has 2 aromatic carbocycles. The van der Waals surface area contributed by atoms with E-state index in [2.05, 4.69) is 20.0 Å². The van der Waals surface area contributed by atoms with Gasteiger partial charge in [0.2, 0.25) is 10.0 Å². The molecule has 4 rings (SSSR count). The van der Waals surface area contributed by atoms with E-state index in [0.717, 1.165) is 23.3 Å². The van der Waals surface area contributed by atoms with Gasteiger partial charge in [-0.15, -0.1) is 10.2 Å². The second kappa shape index (κ2) is 9.72. The number of benzene rings is 2. The molecule has 34 heavy (non-hydrogen) atoms. The molecule has 0 atom stereocenters. The topological polar surface area (TPSA) is 89.2 Å². The van der Waals surface area contributed by atoms with Crippen molar-refractivity contribution in [1.29, 1.82) is 0 Å². The predicted octanol–water partition coefficient (Wildman–Crippen LogP) is 4.26. The van der Waals surface area contributed by atoms with Crippen LogP contribution in [-0.4, -0.2) is 34.8 Å². The van der Waals surface area contributed by atoms with E-state index in [9.17, 15) is 21.6 Å². The van der Waals surface area contributed by atoms with Crippen LogP contribution in [0.5, 0.6) is 0 Å². The maximum absolute atomic E-state index is 12.7. The molecule has 178 valence electrons. The van der Waals surface area contributed by atoms with Crippen molar-refractivity contribution in [3.05, 3.63) is 83.2 Å². The first-order chi connectivity index (χ1) is 16.1. The Morgan fingerprint density at radius 1 is 0.971 bits per heavy atom. The lowest BCUT2D eigenvalue weighted by Gasteiger charge is -2.08. The summed E-state index contributed by atoms with van der Waals surface area (Å²) < 4.78 is 67.1. The Labute approximate surface area is 198 Å². The van der Waals surface area contributed by atoms with E-state index in [4.69, 9.17) is 0 Å². The Hall–Kier alpha value is -2.96. The van der Waals surface area contributed by atoms with Crippen LogP contribution in [0.25, 0.3) is 5.65 Å². The van der Waals surface area contributed by atoms with E-state index < -0.39 is 21.8 Å². The van der Waals surface area contributed by atoms with Crippen molar-refractivity contribution < 1.29 is 21.6 Å². The molecule has 2 heterocycles. The second-order valence-electron chi connectivity index (χ2n) is 7.50. The summed E-state index contributed by atoms with van der Waals surface area (Å²) in [5, 5.41) is 13.3. The number of rotatable bonds is 8. The molecule has 0 radical (unpaired) electrons. The summed E-state index contributed by atoms with van der Waals surface area (Å²) in [4.78, 5) is 0.185. The van der Waals surface area contributed by atoms with Gasteiger partial charge in [-0.05, 0) is 48.9 Å². The first-order valence-corrected chi connectivity index (χ1v) is 12.7. The van der Waals surface area contributed by atoms with Gasteiger partial charge in [0.25, 0.3) is 0 Å². The Kier molecular flexibility index (Phi) is 6.91. The molecule has 0 saturated carbocycles. The maximum Gasteiger partial charge on any atom is 0.416 e. The Morgan fingerprint density at radius 3 is 2.35 bits per heavy atom. The highest BCUT2D eigenvalue weighted by Crippen LogP contribution is 2.30. The molecule has 2 aromatic heterocycles. The van der Waals surface area contributed by atoms with Crippen molar-refractivity contribution in [3.8, 4) is 0 Å². The van der Waals surface area contributed by atoms with Crippen molar-refractivity contribution >= 4 is 27.4 Å². The fourth-order valence-electron chi connectivity index (χ4n) is 3.09. The van der Waals surface area contributed by atoms with Crippen molar-refractivity contribution in [2.24, 2.45) is 0 Å².